The van der Waals surface area contributed by atoms with Gasteiger partial charge in [0.1, 0.15) is 0 Å². The van der Waals surface area contributed by atoms with Gasteiger partial charge in [0.15, 0.2) is 0 Å². The van der Waals surface area contributed by atoms with Crippen molar-refractivity contribution in [3.8, 4) is 34.6 Å². The van der Waals surface area contributed by atoms with Crippen LogP contribution in [0.25, 0.3) is 22.8 Å². The normalized spacial score (nSPS) is 10.3. The summed E-state index contributed by atoms with van der Waals surface area (Å²) in [6, 6.07) is 15.0. The predicted molar refractivity (Wildman–Crippen MR) is 127 cm³/mol. The molecular formula is C27H19N3O4. The van der Waals surface area contributed by atoms with Gasteiger partial charge in [0.25, 0.3) is 0 Å². The Morgan fingerprint density at radius 2 is 1.26 bits per heavy atom. The number of carboxylic acids is 2. The summed E-state index contributed by atoms with van der Waals surface area (Å²) in [4.78, 5) is 36.1. The van der Waals surface area contributed by atoms with Gasteiger partial charge < -0.3 is 10.2 Å². The molecule has 0 aliphatic carbocycles. The van der Waals surface area contributed by atoms with Crippen molar-refractivity contribution in [2.75, 3.05) is 0 Å². The summed E-state index contributed by atoms with van der Waals surface area (Å²) >= 11 is 0. The van der Waals surface area contributed by atoms with Crippen LogP contribution >= 0.6 is 0 Å². The number of hydrogen-bond acceptors (Lipinski definition) is 5. The van der Waals surface area contributed by atoms with E-state index < -0.39 is 11.9 Å². The van der Waals surface area contributed by atoms with Crippen molar-refractivity contribution >= 4 is 11.9 Å². The molecule has 0 amide bonds. The van der Waals surface area contributed by atoms with Crippen LogP contribution in [0.1, 0.15) is 43.0 Å². The van der Waals surface area contributed by atoms with Crippen molar-refractivity contribution in [1.29, 1.82) is 0 Å². The summed E-state index contributed by atoms with van der Waals surface area (Å²) in [5.74, 6) is 4.08. The average molecular weight is 449 g/mol. The SMILES string of the molecule is Cc1cccc(C)c1C#Cc1ccnc(-c2cc(C(=O)O)cc(-c3cc(C(=O)O)ccn3)n2)c1. The average Bonchev–Trinajstić information content (AvgIpc) is 2.83. The zero-order valence-corrected chi connectivity index (χ0v) is 18.4. The molecule has 2 N–H and O–H groups in total. The number of rotatable bonds is 4. The number of carboxylic acid groups (broad SMARTS) is 2. The molecule has 3 aromatic heterocycles. The number of aromatic nitrogens is 3. The largest absolute Gasteiger partial charge is 0.478 e. The van der Waals surface area contributed by atoms with Gasteiger partial charge in [-0.05, 0) is 61.4 Å². The van der Waals surface area contributed by atoms with Gasteiger partial charge in [0.2, 0.25) is 0 Å². The molecule has 0 aliphatic rings. The topological polar surface area (TPSA) is 113 Å². The third kappa shape index (κ3) is 4.81. The van der Waals surface area contributed by atoms with Crippen LogP contribution in [-0.4, -0.2) is 37.1 Å². The molecule has 0 saturated carbocycles. The lowest BCUT2D eigenvalue weighted by atomic mass is 10.0. The quantitative estimate of drug-likeness (QED) is 0.437. The molecule has 0 atom stereocenters. The molecule has 1 aromatic carbocycles. The molecule has 0 spiro atoms. The second kappa shape index (κ2) is 9.35. The first kappa shape index (κ1) is 22.4. The van der Waals surface area contributed by atoms with E-state index in [1.165, 1.54) is 30.5 Å². The third-order valence-electron chi connectivity index (χ3n) is 5.18. The highest BCUT2D eigenvalue weighted by Crippen LogP contribution is 2.24. The van der Waals surface area contributed by atoms with E-state index in [0.29, 0.717) is 17.0 Å². The lowest BCUT2D eigenvalue weighted by Crippen LogP contribution is -2.02. The fourth-order valence-electron chi connectivity index (χ4n) is 3.41. The summed E-state index contributed by atoms with van der Waals surface area (Å²) in [7, 11) is 0. The fourth-order valence-corrected chi connectivity index (χ4v) is 3.41. The Kier molecular flexibility index (Phi) is 6.15. The number of pyridine rings is 3. The Balaban J connectivity index is 1.78. The van der Waals surface area contributed by atoms with Gasteiger partial charge in [-0.25, -0.2) is 14.6 Å². The minimum atomic E-state index is -1.15. The Hall–Kier alpha value is -4.83. The van der Waals surface area contributed by atoms with E-state index in [2.05, 4.69) is 26.8 Å². The van der Waals surface area contributed by atoms with E-state index in [0.717, 1.165) is 16.7 Å². The zero-order valence-electron chi connectivity index (χ0n) is 18.4. The second-order valence-electron chi connectivity index (χ2n) is 7.61. The van der Waals surface area contributed by atoms with Crippen LogP contribution in [0.3, 0.4) is 0 Å². The monoisotopic (exact) mass is 449 g/mol. The Morgan fingerprint density at radius 3 is 1.88 bits per heavy atom. The Labute approximate surface area is 195 Å². The lowest BCUT2D eigenvalue weighted by Gasteiger charge is -2.07. The Morgan fingerprint density at radius 1 is 0.706 bits per heavy atom. The van der Waals surface area contributed by atoms with Gasteiger partial charge in [0, 0.05) is 23.5 Å². The van der Waals surface area contributed by atoms with Gasteiger partial charge >= 0.3 is 11.9 Å². The summed E-state index contributed by atoms with van der Waals surface area (Å²) in [6.07, 6.45) is 2.93. The third-order valence-corrected chi connectivity index (χ3v) is 5.18. The molecule has 0 fully saturated rings. The molecule has 166 valence electrons. The molecule has 4 rings (SSSR count). The molecule has 3 heterocycles. The fraction of sp³-hybridized carbons (Fsp3) is 0.0741. The van der Waals surface area contributed by atoms with Crippen LogP contribution in [0.5, 0.6) is 0 Å². The first-order valence-electron chi connectivity index (χ1n) is 10.3. The first-order valence-corrected chi connectivity index (χ1v) is 10.3. The van der Waals surface area contributed by atoms with Gasteiger partial charge in [-0.15, -0.1) is 0 Å². The molecule has 34 heavy (non-hydrogen) atoms. The molecule has 7 heteroatoms. The van der Waals surface area contributed by atoms with E-state index in [1.807, 2.05) is 32.0 Å². The Bertz CT molecular complexity index is 1480. The van der Waals surface area contributed by atoms with Crippen LogP contribution in [0, 0.1) is 25.7 Å². The number of carbonyl (C=O) groups is 2. The second-order valence-corrected chi connectivity index (χ2v) is 7.61. The minimum Gasteiger partial charge on any atom is -0.478 e. The van der Waals surface area contributed by atoms with Crippen LogP contribution in [0.4, 0.5) is 0 Å². The van der Waals surface area contributed by atoms with Crippen LogP contribution in [-0.2, 0) is 0 Å². The van der Waals surface area contributed by atoms with Gasteiger partial charge in [-0.3, -0.25) is 9.97 Å². The molecule has 7 nitrogen and oxygen atoms in total. The number of benzene rings is 1. The van der Waals surface area contributed by atoms with Crippen molar-refractivity contribution in [2.24, 2.45) is 0 Å². The van der Waals surface area contributed by atoms with E-state index in [4.69, 9.17) is 0 Å². The van der Waals surface area contributed by atoms with E-state index in [9.17, 15) is 19.8 Å². The number of aryl methyl sites for hydroxylation is 2. The molecule has 0 saturated heterocycles. The molecule has 0 bridgehead atoms. The highest BCUT2D eigenvalue weighted by molar-refractivity contribution is 5.91. The summed E-state index contributed by atoms with van der Waals surface area (Å²) in [6.45, 7) is 4.01. The highest BCUT2D eigenvalue weighted by Gasteiger charge is 2.14. The smallest absolute Gasteiger partial charge is 0.335 e. The zero-order chi connectivity index (χ0) is 24.2. The minimum absolute atomic E-state index is 0.0173. The van der Waals surface area contributed by atoms with Crippen LogP contribution in [0.15, 0.2) is 67.0 Å². The summed E-state index contributed by atoms with van der Waals surface area (Å²) in [5.41, 5.74) is 5.05. The molecule has 0 unspecified atom stereocenters. The maximum Gasteiger partial charge on any atom is 0.335 e. The maximum atomic E-state index is 11.7. The predicted octanol–water partition coefficient (Wildman–Crippen LogP) is 4.62. The molecular weight excluding hydrogens is 430 g/mol. The number of nitrogens with zero attached hydrogens (tertiary/aromatic N) is 3. The number of aromatic carboxylic acids is 2. The molecule has 0 aliphatic heterocycles. The maximum absolute atomic E-state index is 11.7. The van der Waals surface area contributed by atoms with Gasteiger partial charge in [0.05, 0.1) is 33.9 Å². The van der Waals surface area contributed by atoms with Gasteiger partial charge in [-0.2, -0.15) is 0 Å². The van der Waals surface area contributed by atoms with Gasteiger partial charge in [-0.1, -0.05) is 30.0 Å². The first-order chi connectivity index (χ1) is 16.3. The van der Waals surface area contributed by atoms with Crippen LogP contribution in [0.2, 0.25) is 0 Å². The van der Waals surface area contributed by atoms with E-state index in [-0.39, 0.29) is 22.5 Å². The number of hydrogen-bond donors (Lipinski definition) is 2. The van der Waals surface area contributed by atoms with Crippen molar-refractivity contribution in [3.63, 3.8) is 0 Å². The summed E-state index contributed by atoms with van der Waals surface area (Å²) in [5, 5.41) is 18.9. The van der Waals surface area contributed by atoms with Crippen LogP contribution < -0.4 is 0 Å². The van der Waals surface area contributed by atoms with Crippen molar-refractivity contribution in [3.05, 3.63) is 100 Å². The van der Waals surface area contributed by atoms with Crippen molar-refractivity contribution < 1.29 is 19.8 Å². The lowest BCUT2D eigenvalue weighted by molar-refractivity contribution is 0.0686. The molecule has 0 radical (unpaired) electrons. The van der Waals surface area contributed by atoms with E-state index in [1.54, 1.807) is 18.3 Å². The summed E-state index contributed by atoms with van der Waals surface area (Å²) < 4.78 is 0. The standard InChI is InChI=1S/C27H19N3O4/c1-16-4-3-5-17(2)21(16)7-6-18-8-10-28-22(12-18)24-14-20(27(33)34)15-25(30-24)23-13-19(26(31)32)9-11-29-23/h3-5,8-15H,1-2H3,(H,31,32)(H,33,34). The van der Waals surface area contributed by atoms with Crippen molar-refractivity contribution in [1.82, 2.24) is 15.0 Å². The molecule has 4 aromatic rings. The highest BCUT2D eigenvalue weighted by atomic mass is 16.4. The van der Waals surface area contributed by atoms with Crippen molar-refractivity contribution in [2.45, 2.75) is 13.8 Å². The van der Waals surface area contributed by atoms with E-state index >= 15 is 0 Å².